The standard InChI is InChI=1S/C16H16N4OS/c17-10-19-13-7-6-12(8-13)15(21)20-16-18-9-14(22-16)11-4-2-1-3-5-11/h1-5,9,12-13,19H,6-8H2,(H,18,20,21)/t12-,13-/m0/s1. The van der Waals surface area contributed by atoms with Gasteiger partial charge in [0.05, 0.1) is 4.88 Å². The molecule has 2 N–H and O–H groups in total. The quantitative estimate of drug-likeness (QED) is 0.672. The Morgan fingerprint density at radius 1 is 1.32 bits per heavy atom. The zero-order valence-electron chi connectivity index (χ0n) is 12.0. The number of benzene rings is 1. The maximum absolute atomic E-state index is 12.3. The molecule has 0 radical (unpaired) electrons. The third-order valence-electron chi connectivity index (χ3n) is 3.87. The summed E-state index contributed by atoms with van der Waals surface area (Å²) in [6, 6.07) is 10.1. The van der Waals surface area contributed by atoms with Crippen LogP contribution in [0.1, 0.15) is 19.3 Å². The van der Waals surface area contributed by atoms with Crippen molar-refractivity contribution in [2.75, 3.05) is 5.32 Å². The maximum Gasteiger partial charge on any atom is 0.229 e. The third kappa shape index (κ3) is 3.26. The predicted molar refractivity (Wildman–Crippen MR) is 86.1 cm³/mol. The van der Waals surface area contributed by atoms with E-state index < -0.39 is 0 Å². The van der Waals surface area contributed by atoms with Crippen LogP contribution in [0.2, 0.25) is 0 Å². The molecular formula is C16H16N4OS. The normalized spacial score (nSPS) is 20.3. The molecule has 2 aromatic rings. The minimum atomic E-state index is -0.0464. The molecule has 1 fully saturated rings. The van der Waals surface area contributed by atoms with Gasteiger partial charge in [-0.05, 0) is 24.8 Å². The summed E-state index contributed by atoms with van der Waals surface area (Å²) in [4.78, 5) is 17.6. The van der Waals surface area contributed by atoms with Gasteiger partial charge in [-0.25, -0.2) is 4.98 Å². The number of nitriles is 1. The highest BCUT2D eigenvalue weighted by atomic mass is 32.1. The summed E-state index contributed by atoms with van der Waals surface area (Å²) in [5, 5.41) is 14.9. The molecule has 0 bridgehead atoms. The van der Waals surface area contributed by atoms with Gasteiger partial charge in [-0.1, -0.05) is 41.7 Å². The fourth-order valence-electron chi connectivity index (χ4n) is 2.72. The van der Waals surface area contributed by atoms with Gasteiger partial charge >= 0.3 is 0 Å². The first-order valence-electron chi connectivity index (χ1n) is 7.23. The Morgan fingerprint density at radius 2 is 2.14 bits per heavy atom. The lowest BCUT2D eigenvalue weighted by Gasteiger charge is -2.09. The second-order valence-electron chi connectivity index (χ2n) is 5.35. The van der Waals surface area contributed by atoms with Crippen LogP contribution < -0.4 is 10.6 Å². The smallest absolute Gasteiger partial charge is 0.229 e. The molecule has 2 atom stereocenters. The van der Waals surface area contributed by atoms with Crippen molar-refractivity contribution < 1.29 is 4.79 Å². The fraction of sp³-hybridized carbons (Fsp3) is 0.312. The Hall–Kier alpha value is -2.39. The largest absolute Gasteiger partial charge is 0.321 e. The number of nitrogens with one attached hydrogen (secondary N) is 2. The number of thiazole rings is 1. The number of hydrogen-bond acceptors (Lipinski definition) is 5. The molecule has 1 heterocycles. The van der Waals surface area contributed by atoms with Gasteiger partial charge in [0.15, 0.2) is 11.3 Å². The Kier molecular flexibility index (Phi) is 4.35. The van der Waals surface area contributed by atoms with Crippen molar-refractivity contribution in [1.82, 2.24) is 10.3 Å². The van der Waals surface area contributed by atoms with E-state index in [1.807, 2.05) is 36.5 Å². The van der Waals surface area contributed by atoms with Gasteiger partial charge in [0.25, 0.3) is 0 Å². The van der Waals surface area contributed by atoms with E-state index >= 15 is 0 Å². The number of rotatable bonds is 4. The van der Waals surface area contributed by atoms with E-state index in [2.05, 4.69) is 15.6 Å². The predicted octanol–water partition coefficient (Wildman–Crippen LogP) is 2.99. The van der Waals surface area contributed by atoms with E-state index in [4.69, 9.17) is 5.26 Å². The summed E-state index contributed by atoms with van der Waals surface area (Å²) in [5.41, 5.74) is 1.10. The lowest BCUT2D eigenvalue weighted by Crippen LogP contribution is -2.25. The van der Waals surface area contributed by atoms with Gasteiger partial charge in [0.2, 0.25) is 5.91 Å². The van der Waals surface area contributed by atoms with Crippen molar-refractivity contribution >= 4 is 22.4 Å². The molecule has 0 spiro atoms. The fourth-order valence-corrected chi connectivity index (χ4v) is 3.54. The zero-order valence-corrected chi connectivity index (χ0v) is 12.8. The van der Waals surface area contributed by atoms with Crippen molar-refractivity contribution in [3.63, 3.8) is 0 Å². The van der Waals surface area contributed by atoms with Crippen LogP contribution in [0.5, 0.6) is 0 Å². The molecule has 5 nitrogen and oxygen atoms in total. The van der Waals surface area contributed by atoms with Crippen molar-refractivity contribution in [1.29, 1.82) is 5.26 Å². The van der Waals surface area contributed by atoms with Gasteiger partial charge in [0.1, 0.15) is 0 Å². The number of carbonyl (C=O) groups is 1. The molecule has 1 aromatic heterocycles. The Bertz CT molecular complexity index is 692. The molecule has 1 aliphatic carbocycles. The number of carbonyl (C=O) groups excluding carboxylic acids is 1. The zero-order chi connectivity index (χ0) is 15.4. The molecule has 6 heteroatoms. The van der Waals surface area contributed by atoms with Gasteiger partial charge in [-0.3, -0.25) is 4.79 Å². The third-order valence-corrected chi connectivity index (χ3v) is 4.83. The lowest BCUT2D eigenvalue weighted by molar-refractivity contribution is -0.119. The van der Waals surface area contributed by atoms with E-state index in [0.717, 1.165) is 23.3 Å². The first kappa shape index (κ1) is 14.5. The van der Waals surface area contributed by atoms with E-state index in [-0.39, 0.29) is 17.9 Å². The van der Waals surface area contributed by atoms with Crippen LogP contribution in [0.4, 0.5) is 5.13 Å². The first-order chi connectivity index (χ1) is 10.8. The second-order valence-corrected chi connectivity index (χ2v) is 6.38. The van der Waals surface area contributed by atoms with Crippen LogP contribution in [-0.2, 0) is 4.79 Å². The Morgan fingerprint density at radius 3 is 2.91 bits per heavy atom. The summed E-state index contributed by atoms with van der Waals surface area (Å²) in [5.74, 6) is -0.0499. The Balaban J connectivity index is 1.61. The molecule has 0 aliphatic heterocycles. The minimum Gasteiger partial charge on any atom is -0.321 e. The number of aromatic nitrogens is 1. The van der Waals surface area contributed by atoms with Crippen molar-refractivity contribution in [3.05, 3.63) is 36.5 Å². The minimum absolute atomic E-state index is 0.00352. The van der Waals surface area contributed by atoms with Crippen LogP contribution in [0, 0.1) is 17.4 Å². The highest BCUT2D eigenvalue weighted by Crippen LogP contribution is 2.31. The summed E-state index contributed by atoms with van der Waals surface area (Å²) in [7, 11) is 0. The molecule has 1 amide bonds. The van der Waals surface area contributed by atoms with E-state index in [0.29, 0.717) is 11.6 Å². The molecule has 1 aliphatic rings. The van der Waals surface area contributed by atoms with Crippen LogP contribution >= 0.6 is 11.3 Å². The highest BCUT2D eigenvalue weighted by Gasteiger charge is 2.30. The number of amides is 1. The maximum atomic E-state index is 12.3. The topological polar surface area (TPSA) is 77.8 Å². The van der Waals surface area contributed by atoms with Gasteiger partial charge in [0, 0.05) is 18.2 Å². The molecule has 3 rings (SSSR count). The molecule has 0 saturated heterocycles. The first-order valence-corrected chi connectivity index (χ1v) is 8.04. The summed E-state index contributed by atoms with van der Waals surface area (Å²) >= 11 is 1.47. The van der Waals surface area contributed by atoms with Crippen molar-refractivity contribution in [2.24, 2.45) is 5.92 Å². The summed E-state index contributed by atoms with van der Waals surface area (Å²) in [6.45, 7) is 0. The van der Waals surface area contributed by atoms with Gasteiger partial charge in [-0.2, -0.15) is 5.26 Å². The molecule has 1 saturated carbocycles. The van der Waals surface area contributed by atoms with Gasteiger partial charge in [-0.15, -0.1) is 0 Å². The van der Waals surface area contributed by atoms with Crippen molar-refractivity contribution in [2.45, 2.75) is 25.3 Å². The molecular weight excluding hydrogens is 296 g/mol. The Labute approximate surface area is 133 Å². The molecule has 112 valence electrons. The molecule has 22 heavy (non-hydrogen) atoms. The van der Waals surface area contributed by atoms with Crippen LogP contribution in [-0.4, -0.2) is 16.9 Å². The number of hydrogen-bond donors (Lipinski definition) is 2. The summed E-state index contributed by atoms with van der Waals surface area (Å²) in [6.07, 6.45) is 6.10. The van der Waals surface area contributed by atoms with E-state index in [9.17, 15) is 4.79 Å². The average molecular weight is 312 g/mol. The van der Waals surface area contributed by atoms with Crippen LogP contribution in [0.3, 0.4) is 0 Å². The lowest BCUT2D eigenvalue weighted by atomic mass is 10.1. The van der Waals surface area contributed by atoms with Crippen LogP contribution in [0.15, 0.2) is 36.5 Å². The monoisotopic (exact) mass is 312 g/mol. The van der Waals surface area contributed by atoms with Crippen molar-refractivity contribution in [3.8, 4) is 16.6 Å². The number of anilines is 1. The highest BCUT2D eigenvalue weighted by molar-refractivity contribution is 7.19. The van der Waals surface area contributed by atoms with E-state index in [1.54, 1.807) is 6.20 Å². The SMILES string of the molecule is N#CN[C@H]1CC[C@H](C(=O)Nc2ncc(-c3ccccc3)s2)C1. The number of nitrogens with zero attached hydrogens (tertiary/aromatic N) is 2. The average Bonchev–Trinajstić information content (AvgIpc) is 3.18. The molecule has 0 unspecified atom stereocenters. The van der Waals surface area contributed by atoms with Crippen LogP contribution in [0.25, 0.3) is 10.4 Å². The van der Waals surface area contributed by atoms with E-state index in [1.165, 1.54) is 11.3 Å². The second kappa shape index (κ2) is 6.58. The summed E-state index contributed by atoms with van der Waals surface area (Å²) < 4.78 is 0. The molecule has 1 aromatic carbocycles. The van der Waals surface area contributed by atoms with Gasteiger partial charge < -0.3 is 10.6 Å².